The molecule has 1 aliphatic rings. The first-order chi connectivity index (χ1) is 15.3. The van der Waals surface area contributed by atoms with Crippen LogP contribution in [0.1, 0.15) is 10.6 Å². The summed E-state index contributed by atoms with van der Waals surface area (Å²) in [5.74, 6) is 1.41. The zero-order valence-corrected chi connectivity index (χ0v) is 16.5. The van der Waals surface area contributed by atoms with Crippen LogP contribution in [0.4, 0.5) is 5.82 Å². The first-order valence-corrected chi connectivity index (χ1v) is 10.0. The summed E-state index contributed by atoms with van der Waals surface area (Å²) in [6.07, 6.45) is 9.52. The summed E-state index contributed by atoms with van der Waals surface area (Å²) in [5.41, 5.74) is 4.15. The molecule has 5 aromatic rings. The maximum absolute atomic E-state index is 13.3. The van der Waals surface area contributed by atoms with Crippen LogP contribution in [-0.4, -0.2) is 26.3 Å². The van der Waals surface area contributed by atoms with Crippen molar-refractivity contribution in [1.82, 2.24) is 14.4 Å². The lowest BCUT2D eigenvalue weighted by Gasteiger charge is -2.07. The van der Waals surface area contributed by atoms with E-state index < -0.39 is 6.04 Å². The first-order valence-electron chi connectivity index (χ1n) is 10.0. The molecule has 1 atom stereocenters. The first kappa shape index (κ1) is 17.6. The molecule has 6 rings (SSSR count). The lowest BCUT2D eigenvalue weighted by atomic mass is 10.1. The van der Waals surface area contributed by atoms with Gasteiger partial charge in [0.05, 0.1) is 12.7 Å². The van der Waals surface area contributed by atoms with Crippen molar-refractivity contribution in [3.8, 4) is 22.5 Å². The van der Waals surface area contributed by atoms with Crippen LogP contribution in [0.25, 0.3) is 28.2 Å². The van der Waals surface area contributed by atoms with Crippen molar-refractivity contribution in [2.45, 2.75) is 12.5 Å². The second-order valence-corrected chi connectivity index (χ2v) is 7.49. The highest BCUT2D eigenvalue weighted by Gasteiger charge is 2.42. The zero-order chi connectivity index (χ0) is 20.8. The molecular weight excluding hydrogens is 390 g/mol. The molecule has 0 fully saturated rings. The topological polar surface area (TPSA) is 76.3 Å². The SMILES string of the molecule is O=C1C(Cc2ccco2)Nc2c(-c3ccc4nccn4c3)nc(-c3ccccc3)c[n+]21. The van der Waals surface area contributed by atoms with Crippen LogP contribution in [0.15, 0.2) is 90.1 Å². The Bertz CT molecular complexity index is 1410. The molecule has 0 aliphatic carbocycles. The third-order valence-corrected chi connectivity index (χ3v) is 5.51. The van der Waals surface area contributed by atoms with E-state index >= 15 is 0 Å². The smallest absolute Gasteiger partial charge is 0.359 e. The predicted octanol–water partition coefficient (Wildman–Crippen LogP) is 3.62. The Morgan fingerprint density at radius 3 is 2.81 bits per heavy atom. The van der Waals surface area contributed by atoms with Crippen molar-refractivity contribution < 1.29 is 13.8 Å². The summed E-state index contributed by atoms with van der Waals surface area (Å²) in [6, 6.07) is 17.1. The summed E-state index contributed by atoms with van der Waals surface area (Å²) in [4.78, 5) is 22.5. The van der Waals surface area contributed by atoms with E-state index in [1.807, 2.05) is 71.4 Å². The summed E-state index contributed by atoms with van der Waals surface area (Å²) in [5, 5.41) is 3.38. The number of furan rings is 1. The molecule has 4 aromatic heterocycles. The second-order valence-electron chi connectivity index (χ2n) is 7.49. The molecule has 0 amide bonds. The Morgan fingerprint density at radius 1 is 1.06 bits per heavy atom. The Hall–Kier alpha value is -4.26. The summed E-state index contributed by atoms with van der Waals surface area (Å²) in [6.45, 7) is 0. The van der Waals surface area contributed by atoms with Crippen LogP contribution >= 0.6 is 0 Å². The number of carbonyl (C=O) groups is 1. The van der Waals surface area contributed by atoms with E-state index in [2.05, 4.69) is 10.3 Å². The zero-order valence-electron chi connectivity index (χ0n) is 16.5. The van der Waals surface area contributed by atoms with Crippen LogP contribution in [0.2, 0.25) is 0 Å². The average Bonchev–Trinajstić information content (AvgIpc) is 3.55. The number of rotatable bonds is 4. The van der Waals surface area contributed by atoms with Crippen LogP contribution in [0, 0.1) is 0 Å². The number of nitrogens with zero attached hydrogens (tertiary/aromatic N) is 4. The molecule has 1 aliphatic heterocycles. The van der Waals surface area contributed by atoms with Gasteiger partial charge in [0.15, 0.2) is 5.69 Å². The fourth-order valence-corrected chi connectivity index (χ4v) is 3.99. The molecule has 0 spiro atoms. The van der Waals surface area contributed by atoms with Crippen LogP contribution in [-0.2, 0) is 6.42 Å². The molecule has 0 radical (unpaired) electrons. The number of imidazole rings is 1. The fraction of sp³-hybridized carbons (Fsp3) is 0.0833. The number of anilines is 1. The van der Waals surface area contributed by atoms with Gasteiger partial charge in [-0.1, -0.05) is 30.3 Å². The highest BCUT2D eigenvalue weighted by atomic mass is 16.3. The molecule has 7 nitrogen and oxygen atoms in total. The van der Waals surface area contributed by atoms with Gasteiger partial charge >= 0.3 is 11.7 Å². The van der Waals surface area contributed by atoms with Crippen LogP contribution < -0.4 is 9.88 Å². The largest absolute Gasteiger partial charge is 0.469 e. The number of fused-ring (bicyclic) bond motifs is 2. The molecule has 1 unspecified atom stereocenters. The number of pyridine rings is 1. The van der Waals surface area contributed by atoms with Crippen LogP contribution in [0.3, 0.4) is 0 Å². The lowest BCUT2D eigenvalue weighted by Crippen LogP contribution is -2.43. The van der Waals surface area contributed by atoms with E-state index in [-0.39, 0.29) is 5.91 Å². The van der Waals surface area contributed by atoms with Gasteiger partial charge in [-0.15, -0.1) is 0 Å². The van der Waals surface area contributed by atoms with Gasteiger partial charge in [0.25, 0.3) is 0 Å². The second kappa shape index (κ2) is 6.91. The van der Waals surface area contributed by atoms with Crippen molar-refractivity contribution in [2.75, 3.05) is 5.32 Å². The van der Waals surface area contributed by atoms with Gasteiger partial charge in [-0.05, 0) is 24.3 Å². The standard InChI is InChI=1S/C24H17N5O2/c30-24-19(13-18-7-4-12-31-18)27-23-22(17-8-9-21-25-10-11-28(21)14-17)26-20(15-29(23)24)16-5-2-1-3-6-16/h1-12,14-15,19H,13H2/p+1. The Labute approximate surface area is 177 Å². The van der Waals surface area contributed by atoms with E-state index in [1.54, 1.807) is 23.2 Å². The third-order valence-electron chi connectivity index (χ3n) is 5.51. The van der Waals surface area contributed by atoms with Crippen molar-refractivity contribution >= 4 is 17.4 Å². The van der Waals surface area contributed by atoms with Gasteiger partial charge < -0.3 is 8.82 Å². The lowest BCUT2D eigenvalue weighted by molar-refractivity contribution is -0.551. The summed E-state index contributed by atoms with van der Waals surface area (Å²) >= 11 is 0. The third kappa shape index (κ3) is 2.98. The fourth-order valence-electron chi connectivity index (χ4n) is 3.99. The Morgan fingerprint density at radius 2 is 1.97 bits per heavy atom. The van der Waals surface area contributed by atoms with E-state index in [1.165, 1.54) is 0 Å². The number of aromatic nitrogens is 4. The van der Waals surface area contributed by atoms with E-state index in [0.717, 1.165) is 28.2 Å². The number of hydrogen-bond donors (Lipinski definition) is 1. The molecule has 0 saturated carbocycles. The van der Waals surface area contributed by atoms with Gasteiger partial charge in [0.1, 0.15) is 23.3 Å². The molecular formula is C24H18N5O2+. The highest BCUT2D eigenvalue weighted by Crippen LogP contribution is 2.30. The van der Waals surface area contributed by atoms with E-state index in [9.17, 15) is 4.79 Å². The van der Waals surface area contributed by atoms with Crippen molar-refractivity contribution in [3.05, 3.63) is 91.4 Å². The van der Waals surface area contributed by atoms with Gasteiger partial charge in [-0.2, -0.15) is 4.57 Å². The minimum absolute atomic E-state index is 0.0315. The molecule has 7 heteroatoms. The predicted molar refractivity (Wildman–Crippen MR) is 115 cm³/mol. The average molecular weight is 408 g/mol. The Balaban J connectivity index is 1.51. The number of hydrogen-bond acceptors (Lipinski definition) is 5. The summed E-state index contributed by atoms with van der Waals surface area (Å²) < 4.78 is 9.08. The monoisotopic (exact) mass is 408 g/mol. The maximum atomic E-state index is 13.3. The van der Waals surface area contributed by atoms with Gasteiger partial charge in [-0.25, -0.2) is 14.8 Å². The molecule has 5 heterocycles. The highest BCUT2D eigenvalue weighted by molar-refractivity contribution is 5.86. The maximum Gasteiger partial charge on any atom is 0.359 e. The molecule has 150 valence electrons. The molecule has 31 heavy (non-hydrogen) atoms. The number of carbonyl (C=O) groups excluding carboxylic acids is 1. The molecule has 1 aromatic carbocycles. The minimum Gasteiger partial charge on any atom is -0.469 e. The quantitative estimate of drug-likeness (QED) is 0.460. The minimum atomic E-state index is -0.422. The van der Waals surface area contributed by atoms with Gasteiger partial charge in [-0.3, -0.25) is 5.32 Å². The molecule has 0 bridgehead atoms. The van der Waals surface area contributed by atoms with Gasteiger partial charge in [0.2, 0.25) is 6.04 Å². The van der Waals surface area contributed by atoms with Crippen molar-refractivity contribution in [3.63, 3.8) is 0 Å². The van der Waals surface area contributed by atoms with E-state index in [4.69, 9.17) is 9.40 Å². The number of nitrogens with one attached hydrogen (secondary N) is 1. The summed E-state index contributed by atoms with van der Waals surface area (Å²) in [7, 11) is 0. The van der Waals surface area contributed by atoms with Crippen molar-refractivity contribution in [1.29, 1.82) is 0 Å². The van der Waals surface area contributed by atoms with Crippen LogP contribution in [0.5, 0.6) is 0 Å². The van der Waals surface area contributed by atoms with Gasteiger partial charge in [0, 0.05) is 29.7 Å². The molecule has 1 N–H and O–H groups in total. The molecule has 0 saturated heterocycles. The Kier molecular flexibility index (Phi) is 3.92. The van der Waals surface area contributed by atoms with E-state index in [0.29, 0.717) is 17.9 Å². The number of benzene rings is 1. The van der Waals surface area contributed by atoms with Crippen molar-refractivity contribution in [2.24, 2.45) is 0 Å². The normalized spacial score (nSPS) is 15.2.